The van der Waals surface area contributed by atoms with E-state index in [9.17, 15) is 9.59 Å². The molecule has 4 nitrogen and oxygen atoms in total. The number of hydrogen-bond acceptors (Lipinski definition) is 3. The Hall–Kier alpha value is -1.07. The van der Waals surface area contributed by atoms with E-state index in [-0.39, 0.29) is 17.4 Å². The van der Waals surface area contributed by atoms with Gasteiger partial charge in [0.2, 0.25) is 11.8 Å². The quantitative estimate of drug-likeness (QED) is 0.715. The third-order valence-electron chi connectivity index (χ3n) is 7.69. The topological polar surface area (TPSA) is 40.6 Å². The maximum absolute atomic E-state index is 13.7. The molecule has 2 amide bonds. The molecule has 1 aromatic heterocycles. The van der Waals surface area contributed by atoms with Gasteiger partial charge in [-0.05, 0) is 81.3 Å². The van der Waals surface area contributed by atoms with E-state index >= 15 is 0 Å². The number of carbonyl (C=O) groups is 2. The first-order valence-corrected chi connectivity index (χ1v) is 11.9. The molecule has 5 fully saturated rings. The maximum atomic E-state index is 13.7. The predicted octanol–water partition coefficient (Wildman–Crippen LogP) is 4.57. The minimum absolute atomic E-state index is 0.0834. The first kappa shape index (κ1) is 18.9. The highest BCUT2D eigenvalue weighted by atomic mass is 35.5. The van der Waals surface area contributed by atoms with Crippen LogP contribution in [0.15, 0.2) is 12.1 Å². The fourth-order valence-electron chi connectivity index (χ4n) is 6.95. The van der Waals surface area contributed by atoms with Crippen molar-refractivity contribution < 1.29 is 9.59 Å². The number of amides is 2. The summed E-state index contributed by atoms with van der Waals surface area (Å²) >= 11 is 7.54. The van der Waals surface area contributed by atoms with Gasteiger partial charge in [-0.15, -0.1) is 11.3 Å². The van der Waals surface area contributed by atoms with Crippen LogP contribution in [0.2, 0.25) is 4.34 Å². The van der Waals surface area contributed by atoms with Crippen LogP contribution in [-0.4, -0.2) is 41.2 Å². The van der Waals surface area contributed by atoms with Crippen molar-refractivity contribution in [3.05, 3.63) is 21.3 Å². The van der Waals surface area contributed by atoms with Crippen LogP contribution >= 0.6 is 22.9 Å². The number of likely N-dealkylation sites (N-methyl/N-ethyl adjacent to an activating group) is 1. The Labute approximate surface area is 176 Å². The average molecular weight is 421 g/mol. The van der Waals surface area contributed by atoms with Crippen molar-refractivity contribution in [3.8, 4) is 0 Å². The van der Waals surface area contributed by atoms with Crippen molar-refractivity contribution in [1.29, 1.82) is 0 Å². The van der Waals surface area contributed by atoms with Crippen LogP contribution in [-0.2, 0) is 16.1 Å². The maximum Gasteiger partial charge on any atom is 0.245 e. The molecule has 6 heteroatoms. The number of hydrogen-bond donors (Lipinski definition) is 0. The fourth-order valence-corrected chi connectivity index (χ4v) is 8.09. The molecule has 2 heterocycles. The van der Waals surface area contributed by atoms with E-state index in [4.69, 9.17) is 11.6 Å². The predicted molar refractivity (Wildman–Crippen MR) is 111 cm³/mol. The van der Waals surface area contributed by atoms with Gasteiger partial charge in [-0.1, -0.05) is 11.6 Å². The molecule has 4 bridgehead atoms. The number of likely N-dealkylation sites (tertiary alicyclic amines) is 1. The second kappa shape index (κ2) is 7.02. The standard InChI is InChI=1S/C22H29ClN2O2S/c1-24(13-17-4-5-19(23)28-17)20(26)18-3-2-6-25(18)21(27)22-10-14-7-15(11-22)9-16(8-14)12-22/h4-5,14-16,18H,2-3,6-13H2,1H3. The largest absolute Gasteiger partial charge is 0.339 e. The van der Waals surface area contributed by atoms with Gasteiger partial charge in [-0.3, -0.25) is 9.59 Å². The van der Waals surface area contributed by atoms with Crippen LogP contribution in [0, 0.1) is 23.2 Å². The number of rotatable bonds is 4. The Kier molecular flexibility index (Phi) is 4.74. The Morgan fingerprint density at radius 1 is 1.18 bits per heavy atom. The van der Waals surface area contributed by atoms with E-state index in [0.29, 0.717) is 12.5 Å². The number of nitrogens with zero attached hydrogens (tertiary/aromatic N) is 2. The molecule has 1 atom stereocenters. The normalized spacial score (nSPS) is 36.1. The lowest BCUT2D eigenvalue weighted by Gasteiger charge is -2.56. The molecule has 4 saturated carbocycles. The van der Waals surface area contributed by atoms with Gasteiger partial charge in [0.25, 0.3) is 0 Å². The van der Waals surface area contributed by atoms with Crippen molar-refractivity contribution in [2.75, 3.05) is 13.6 Å². The molecule has 1 aliphatic heterocycles. The molecule has 1 saturated heterocycles. The summed E-state index contributed by atoms with van der Waals surface area (Å²) in [6, 6.07) is 3.57. The summed E-state index contributed by atoms with van der Waals surface area (Å²) in [5.74, 6) is 2.63. The molecule has 152 valence electrons. The molecule has 5 aliphatic rings. The summed E-state index contributed by atoms with van der Waals surface area (Å²) in [6.45, 7) is 1.31. The van der Waals surface area contributed by atoms with E-state index in [2.05, 4.69) is 0 Å². The van der Waals surface area contributed by atoms with Crippen LogP contribution in [0.3, 0.4) is 0 Å². The minimum Gasteiger partial charge on any atom is -0.339 e. The van der Waals surface area contributed by atoms with Crippen LogP contribution in [0.25, 0.3) is 0 Å². The molecule has 6 rings (SSSR count). The highest BCUT2D eigenvalue weighted by Gasteiger charge is 2.56. The molecule has 28 heavy (non-hydrogen) atoms. The van der Waals surface area contributed by atoms with Gasteiger partial charge in [-0.25, -0.2) is 0 Å². The van der Waals surface area contributed by atoms with Gasteiger partial charge in [0, 0.05) is 18.5 Å². The molecule has 4 aliphatic carbocycles. The lowest BCUT2D eigenvalue weighted by molar-refractivity contribution is -0.161. The van der Waals surface area contributed by atoms with E-state index < -0.39 is 0 Å². The zero-order valence-corrected chi connectivity index (χ0v) is 18.1. The van der Waals surface area contributed by atoms with Crippen molar-refractivity contribution in [2.45, 2.75) is 64.0 Å². The van der Waals surface area contributed by atoms with Gasteiger partial charge in [0.15, 0.2) is 0 Å². The monoisotopic (exact) mass is 420 g/mol. The van der Waals surface area contributed by atoms with Gasteiger partial charge in [0.1, 0.15) is 6.04 Å². The number of halogens is 1. The van der Waals surface area contributed by atoms with Crippen LogP contribution < -0.4 is 0 Å². The molecule has 1 aromatic rings. The lowest BCUT2D eigenvalue weighted by atomic mass is 9.49. The summed E-state index contributed by atoms with van der Waals surface area (Å²) in [7, 11) is 1.85. The third kappa shape index (κ3) is 3.19. The van der Waals surface area contributed by atoms with Crippen molar-refractivity contribution in [2.24, 2.45) is 23.2 Å². The van der Waals surface area contributed by atoms with Gasteiger partial charge in [-0.2, -0.15) is 0 Å². The van der Waals surface area contributed by atoms with E-state index in [0.717, 1.165) is 65.6 Å². The van der Waals surface area contributed by atoms with Crippen molar-refractivity contribution in [3.63, 3.8) is 0 Å². The molecular weight excluding hydrogens is 392 g/mol. The van der Waals surface area contributed by atoms with Crippen molar-refractivity contribution in [1.82, 2.24) is 9.80 Å². The molecule has 0 N–H and O–H groups in total. The van der Waals surface area contributed by atoms with E-state index in [1.807, 2.05) is 24.1 Å². The Balaban J connectivity index is 1.31. The first-order valence-electron chi connectivity index (χ1n) is 10.7. The van der Waals surface area contributed by atoms with Gasteiger partial charge in [0.05, 0.1) is 16.3 Å². The minimum atomic E-state index is -0.277. The summed E-state index contributed by atoms with van der Waals surface area (Å²) in [5, 5.41) is 0. The zero-order valence-electron chi connectivity index (χ0n) is 16.5. The fraction of sp³-hybridized carbons (Fsp3) is 0.727. The molecular formula is C22H29ClN2O2S. The van der Waals surface area contributed by atoms with E-state index in [1.165, 1.54) is 30.6 Å². The van der Waals surface area contributed by atoms with Crippen LogP contribution in [0.5, 0.6) is 0 Å². The Morgan fingerprint density at radius 2 is 1.82 bits per heavy atom. The van der Waals surface area contributed by atoms with Gasteiger partial charge < -0.3 is 9.80 Å². The lowest BCUT2D eigenvalue weighted by Crippen LogP contribution is -2.57. The SMILES string of the molecule is CN(Cc1ccc(Cl)s1)C(=O)C1CCCN1C(=O)C12CC3CC(CC(C3)C1)C2. The van der Waals surface area contributed by atoms with Gasteiger partial charge >= 0.3 is 0 Å². The smallest absolute Gasteiger partial charge is 0.245 e. The molecule has 1 unspecified atom stereocenters. The molecule has 0 radical (unpaired) electrons. The van der Waals surface area contributed by atoms with E-state index in [1.54, 1.807) is 4.90 Å². The molecule has 0 spiro atoms. The van der Waals surface area contributed by atoms with Crippen LogP contribution in [0.4, 0.5) is 0 Å². The first-order chi connectivity index (χ1) is 13.4. The number of carbonyl (C=O) groups excluding carboxylic acids is 2. The average Bonchev–Trinajstić information content (AvgIpc) is 3.28. The summed E-state index contributed by atoms with van der Waals surface area (Å²) in [6.07, 6.45) is 8.94. The summed E-state index contributed by atoms with van der Waals surface area (Å²) < 4.78 is 0.746. The van der Waals surface area contributed by atoms with Crippen molar-refractivity contribution >= 4 is 34.8 Å². The Morgan fingerprint density at radius 3 is 2.39 bits per heavy atom. The second-order valence-corrected chi connectivity index (χ2v) is 11.6. The number of thiophene rings is 1. The second-order valence-electron chi connectivity index (χ2n) is 9.75. The molecule has 0 aromatic carbocycles. The zero-order chi connectivity index (χ0) is 19.5. The highest BCUT2D eigenvalue weighted by molar-refractivity contribution is 7.16. The summed E-state index contributed by atoms with van der Waals surface area (Å²) in [4.78, 5) is 31.8. The van der Waals surface area contributed by atoms with Crippen LogP contribution in [0.1, 0.15) is 56.2 Å². The highest BCUT2D eigenvalue weighted by Crippen LogP contribution is 2.60. The third-order valence-corrected chi connectivity index (χ3v) is 8.90. The Bertz CT molecular complexity index is 756. The summed E-state index contributed by atoms with van der Waals surface area (Å²) in [5.41, 5.74) is -0.155.